The van der Waals surface area contributed by atoms with Crippen molar-refractivity contribution in [1.82, 2.24) is 5.32 Å². The first kappa shape index (κ1) is 22.6. The molecule has 4 aliphatic rings. The Morgan fingerprint density at radius 1 is 1.03 bits per heavy atom. The van der Waals surface area contributed by atoms with Gasteiger partial charge in [-0.1, -0.05) is 0 Å². The summed E-state index contributed by atoms with van der Waals surface area (Å²) >= 11 is 0. The minimum absolute atomic E-state index is 0.0348. The molecule has 180 valence electrons. The summed E-state index contributed by atoms with van der Waals surface area (Å²) in [7, 11) is 0. The molecule has 2 aromatic carbocycles. The van der Waals surface area contributed by atoms with Crippen LogP contribution in [0, 0.1) is 28.7 Å². The van der Waals surface area contributed by atoms with Crippen LogP contribution in [-0.2, 0) is 9.59 Å². The molecule has 1 aliphatic heterocycles. The van der Waals surface area contributed by atoms with Crippen molar-refractivity contribution in [3.05, 3.63) is 59.2 Å². The number of carbonyl (C=O) groups is 2. The number of ether oxygens (including phenoxy) is 2. The van der Waals surface area contributed by atoms with Crippen molar-refractivity contribution in [3.63, 3.8) is 0 Å². The largest absolute Gasteiger partial charge is 0.484 e. The Labute approximate surface area is 191 Å². The van der Waals surface area contributed by atoms with Crippen molar-refractivity contribution in [2.75, 3.05) is 6.61 Å². The van der Waals surface area contributed by atoms with Crippen LogP contribution in [0.4, 0.5) is 17.6 Å². The molecule has 2 atom stereocenters. The van der Waals surface area contributed by atoms with Gasteiger partial charge in [0.2, 0.25) is 0 Å². The maximum absolute atomic E-state index is 13.5. The van der Waals surface area contributed by atoms with Gasteiger partial charge in [0.1, 0.15) is 11.5 Å². The number of hydrogen-bond acceptors (Lipinski definition) is 5. The summed E-state index contributed by atoms with van der Waals surface area (Å²) in [5.41, 5.74) is -0.580. The Kier molecular flexibility index (Phi) is 5.31. The van der Waals surface area contributed by atoms with Crippen LogP contribution in [-0.4, -0.2) is 35.0 Å². The van der Waals surface area contributed by atoms with Crippen LogP contribution in [0.1, 0.15) is 43.8 Å². The molecule has 2 N–H and O–H groups in total. The van der Waals surface area contributed by atoms with E-state index in [1.54, 1.807) is 0 Å². The number of nitrogens with one attached hydrogen (secondary N) is 1. The van der Waals surface area contributed by atoms with Gasteiger partial charge in [0.25, 0.3) is 5.91 Å². The predicted octanol–water partition coefficient (Wildman–Crippen LogP) is 3.50. The van der Waals surface area contributed by atoms with Crippen molar-refractivity contribution >= 4 is 11.7 Å². The first-order valence-electron chi connectivity index (χ1n) is 10.8. The third-order valence-corrected chi connectivity index (χ3v) is 6.83. The summed E-state index contributed by atoms with van der Waals surface area (Å²) in [6.07, 6.45) is -0.183. The first-order valence-corrected chi connectivity index (χ1v) is 10.8. The SMILES string of the molecule is O=C(COc1ccc(F)c(F)c1)NC12CC(CC(=O)[C@H]3C[C@@H](O)c4cc(F)c(F)cc4O3)(C1)C2. The fraction of sp³-hybridized carbons (Fsp3) is 0.417. The van der Waals surface area contributed by atoms with Crippen LogP contribution < -0.4 is 14.8 Å². The average Bonchev–Trinajstić information content (AvgIpc) is 2.73. The van der Waals surface area contributed by atoms with Gasteiger partial charge in [-0.15, -0.1) is 0 Å². The minimum Gasteiger partial charge on any atom is -0.484 e. The third kappa shape index (κ3) is 4.00. The van der Waals surface area contributed by atoms with E-state index in [2.05, 4.69) is 5.32 Å². The zero-order valence-corrected chi connectivity index (χ0v) is 17.9. The van der Waals surface area contributed by atoms with Gasteiger partial charge in [0, 0.05) is 36.1 Å². The number of carbonyl (C=O) groups excluding carboxylic acids is 2. The smallest absolute Gasteiger partial charge is 0.258 e. The van der Waals surface area contributed by atoms with Gasteiger partial charge in [-0.3, -0.25) is 9.59 Å². The highest BCUT2D eigenvalue weighted by Gasteiger charge is 2.68. The van der Waals surface area contributed by atoms with Gasteiger partial charge in [-0.2, -0.15) is 0 Å². The van der Waals surface area contributed by atoms with E-state index >= 15 is 0 Å². The Morgan fingerprint density at radius 3 is 2.41 bits per heavy atom. The zero-order valence-electron chi connectivity index (χ0n) is 17.9. The van der Waals surface area contributed by atoms with Gasteiger partial charge in [-0.05, 0) is 42.9 Å². The van der Waals surface area contributed by atoms with Gasteiger partial charge < -0.3 is 19.9 Å². The Bertz CT molecular complexity index is 1170. The number of Topliss-reactive ketones (excluding diaryl/α,β-unsaturated/α-hetero) is 1. The molecule has 3 aliphatic carbocycles. The Hall–Kier alpha value is -3.14. The van der Waals surface area contributed by atoms with Crippen LogP contribution in [0.25, 0.3) is 0 Å². The summed E-state index contributed by atoms with van der Waals surface area (Å²) in [6, 6.07) is 4.70. The molecule has 34 heavy (non-hydrogen) atoms. The molecule has 6 rings (SSSR count). The number of aliphatic hydroxyl groups excluding tert-OH is 1. The molecule has 1 heterocycles. The number of amides is 1. The molecule has 10 heteroatoms. The number of hydrogen-bond donors (Lipinski definition) is 2. The standard InChI is InChI=1S/C24H21F4NO5/c25-14-2-1-12(3-15(14)26)33-8-22(32)29-24-9-23(10-24,11-24)7-19(31)21-6-18(30)13-4-16(27)17(28)5-20(13)34-21/h1-5,18,21,30H,6-11H2,(H,29,32)/t18-,21-,23?,24?/m1/s1. The predicted molar refractivity (Wildman–Crippen MR) is 109 cm³/mol. The number of benzene rings is 2. The minimum atomic E-state index is -1.14. The summed E-state index contributed by atoms with van der Waals surface area (Å²) in [6.45, 7) is -0.358. The maximum atomic E-state index is 13.5. The fourth-order valence-corrected chi connectivity index (χ4v) is 5.48. The van der Waals surface area contributed by atoms with Crippen LogP contribution in [0.15, 0.2) is 30.3 Å². The number of fused-ring (bicyclic) bond motifs is 1. The number of aliphatic hydroxyl groups is 1. The van der Waals surface area contributed by atoms with E-state index in [1.807, 2.05) is 0 Å². The van der Waals surface area contributed by atoms with E-state index in [-0.39, 0.29) is 47.7 Å². The Morgan fingerprint density at radius 2 is 1.71 bits per heavy atom. The monoisotopic (exact) mass is 479 g/mol. The molecule has 0 spiro atoms. The van der Waals surface area contributed by atoms with E-state index in [1.165, 1.54) is 6.07 Å². The lowest BCUT2D eigenvalue weighted by atomic mass is 9.38. The van der Waals surface area contributed by atoms with Crippen LogP contribution in [0.3, 0.4) is 0 Å². The molecular formula is C24H21F4NO5. The zero-order chi connectivity index (χ0) is 24.3. The molecule has 0 aromatic heterocycles. The van der Waals surface area contributed by atoms with Crippen molar-refractivity contribution < 1.29 is 41.7 Å². The average molecular weight is 479 g/mol. The lowest BCUT2D eigenvalue weighted by Gasteiger charge is -2.70. The summed E-state index contributed by atoms with van der Waals surface area (Å²) in [4.78, 5) is 25.0. The lowest BCUT2D eigenvalue weighted by molar-refractivity contribution is -0.175. The van der Waals surface area contributed by atoms with Gasteiger partial charge in [-0.25, -0.2) is 17.6 Å². The van der Waals surface area contributed by atoms with E-state index in [0.29, 0.717) is 19.3 Å². The molecule has 0 radical (unpaired) electrons. The molecule has 2 bridgehead atoms. The highest BCUT2D eigenvalue weighted by atomic mass is 19.2. The van der Waals surface area contributed by atoms with Gasteiger partial charge in [0.15, 0.2) is 41.8 Å². The van der Waals surface area contributed by atoms with Crippen molar-refractivity contribution in [2.24, 2.45) is 5.41 Å². The first-order chi connectivity index (χ1) is 16.1. The fourth-order valence-electron chi connectivity index (χ4n) is 5.48. The van der Waals surface area contributed by atoms with Crippen LogP contribution in [0.5, 0.6) is 11.5 Å². The summed E-state index contributed by atoms with van der Waals surface area (Å²) in [5.74, 6) is -4.95. The van der Waals surface area contributed by atoms with Gasteiger partial charge >= 0.3 is 0 Å². The number of rotatable bonds is 7. The molecule has 0 unspecified atom stereocenters. The highest BCUT2D eigenvalue weighted by molar-refractivity contribution is 5.85. The van der Waals surface area contributed by atoms with Crippen molar-refractivity contribution in [3.8, 4) is 11.5 Å². The van der Waals surface area contributed by atoms with E-state index in [9.17, 15) is 32.3 Å². The van der Waals surface area contributed by atoms with E-state index in [4.69, 9.17) is 9.47 Å². The number of ketones is 1. The maximum Gasteiger partial charge on any atom is 0.258 e. The summed E-state index contributed by atoms with van der Waals surface area (Å²) in [5, 5.41) is 13.1. The second-order valence-corrected chi connectivity index (χ2v) is 9.53. The molecule has 0 saturated heterocycles. The van der Waals surface area contributed by atoms with Crippen molar-refractivity contribution in [2.45, 2.75) is 49.9 Å². The lowest BCUT2D eigenvalue weighted by Crippen LogP contribution is -2.75. The number of halogens is 4. The quantitative estimate of drug-likeness (QED) is 0.594. The van der Waals surface area contributed by atoms with Gasteiger partial charge in [0.05, 0.1) is 6.10 Å². The second kappa shape index (κ2) is 7.97. The van der Waals surface area contributed by atoms with Crippen molar-refractivity contribution in [1.29, 1.82) is 0 Å². The van der Waals surface area contributed by atoms with Crippen LogP contribution >= 0.6 is 0 Å². The third-order valence-electron chi connectivity index (χ3n) is 6.83. The highest BCUT2D eigenvalue weighted by Crippen LogP contribution is 2.69. The second-order valence-electron chi connectivity index (χ2n) is 9.53. The van der Waals surface area contributed by atoms with Crippen LogP contribution in [0.2, 0.25) is 0 Å². The molecule has 2 aromatic rings. The molecular weight excluding hydrogens is 458 g/mol. The molecule has 3 fully saturated rings. The molecule has 3 saturated carbocycles. The molecule has 1 amide bonds. The van der Waals surface area contributed by atoms with E-state index in [0.717, 1.165) is 24.3 Å². The van der Waals surface area contributed by atoms with E-state index < -0.39 is 46.9 Å². The summed E-state index contributed by atoms with van der Waals surface area (Å²) < 4.78 is 63.9. The Balaban J connectivity index is 1.11. The topological polar surface area (TPSA) is 84.9 Å². The normalized spacial score (nSPS) is 28.6. The molecule has 6 nitrogen and oxygen atoms in total.